The summed E-state index contributed by atoms with van der Waals surface area (Å²) in [6.07, 6.45) is 5.38. The van der Waals surface area contributed by atoms with Crippen LogP contribution in [0, 0.1) is 0 Å². The summed E-state index contributed by atoms with van der Waals surface area (Å²) in [4.78, 5) is 12.0. The van der Waals surface area contributed by atoms with Crippen molar-refractivity contribution in [1.82, 2.24) is 0 Å². The Kier molecular flexibility index (Phi) is 2.35. The van der Waals surface area contributed by atoms with E-state index in [0.717, 1.165) is 31.2 Å². The van der Waals surface area contributed by atoms with Gasteiger partial charge in [-0.25, -0.2) is 4.79 Å². The van der Waals surface area contributed by atoms with E-state index >= 15 is 0 Å². The predicted octanol–water partition coefficient (Wildman–Crippen LogP) is 3.03. The van der Waals surface area contributed by atoms with Crippen LogP contribution in [-0.4, -0.2) is 13.1 Å². The average Bonchev–Trinajstić information content (AvgIpc) is 2.64. The molecular formula is C14H16O3. The lowest BCUT2D eigenvalue weighted by molar-refractivity contribution is -0.0280. The maximum absolute atomic E-state index is 12.0. The van der Waals surface area contributed by atoms with E-state index in [9.17, 15) is 4.79 Å². The van der Waals surface area contributed by atoms with E-state index in [1.807, 2.05) is 18.2 Å². The molecule has 0 aromatic heterocycles. The van der Waals surface area contributed by atoms with Crippen molar-refractivity contribution in [2.75, 3.05) is 7.11 Å². The summed E-state index contributed by atoms with van der Waals surface area (Å²) in [6.45, 7) is 0. The van der Waals surface area contributed by atoms with Crippen LogP contribution in [0.4, 0.5) is 0 Å². The molecule has 3 nitrogen and oxygen atoms in total. The summed E-state index contributed by atoms with van der Waals surface area (Å²) in [5, 5.41) is 0. The Labute approximate surface area is 101 Å². The zero-order valence-corrected chi connectivity index (χ0v) is 9.99. The van der Waals surface area contributed by atoms with Gasteiger partial charge in [0.25, 0.3) is 0 Å². The Bertz CT molecular complexity index is 459. The standard InChI is InChI=1S/C14H16O3/c1-16-11-7-5-6-10-12(11)13(15)17-14(10)8-3-2-4-9-14/h5-7H,2-4,8-9H2,1H3. The average molecular weight is 232 g/mol. The molecule has 0 radical (unpaired) electrons. The summed E-state index contributed by atoms with van der Waals surface area (Å²) in [6, 6.07) is 5.77. The van der Waals surface area contributed by atoms with Crippen LogP contribution < -0.4 is 4.74 Å². The Morgan fingerprint density at radius 1 is 1.24 bits per heavy atom. The number of hydrogen-bond acceptors (Lipinski definition) is 3. The number of methoxy groups -OCH3 is 1. The number of hydrogen-bond donors (Lipinski definition) is 0. The second-order valence-electron chi connectivity index (χ2n) is 4.83. The zero-order valence-electron chi connectivity index (χ0n) is 9.99. The topological polar surface area (TPSA) is 35.5 Å². The molecule has 0 saturated heterocycles. The third kappa shape index (κ3) is 1.45. The summed E-state index contributed by atoms with van der Waals surface area (Å²) in [7, 11) is 1.59. The molecule has 1 spiro atoms. The molecule has 1 aromatic carbocycles. The number of rotatable bonds is 1. The highest BCUT2D eigenvalue weighted by molar-refractivity contribution is 5.97. The molecule has 0 bridgehead atoms. The van der Waals surface area contributed by atoms with Crippen molar-refractivity contribution in [3.05, 3.63) is 29.3 Å². The lowest BCUT2D eigenvalue weighted by Gasteiger charge is -2.32. The molecule has 90 valence electrons. The normalized spacial score (nSPS) is 21.1. The highest BCUT2D eigenvalue weighted by Gasteiger charge is 2.47. The SMILES string of the molecule is COc1cccc2c1C(=O)OC21CCCCC1. The summed E-state index contributed by atoms with van der Waals surface area (Å²) in [5.41, 5.74) is 1.30. The Hall–Kier alpha value is -1.51. The summed E-state index contributed by atoms with van der Waals surface area (Å²) < 4.78 is 10.9. The third-order valence-electron chi connectivity index (χ3n) is 3.89. The van der Waals surface area contributed by atoms with E-state index in [-0.39, 0.29) is 11.6 Å². The van der Waals surface area contributed by atoms with Gasteiger partial charge in [-0.1, -0.05) is 18.6 Å². The number of carbonyl (C=O) groups excluding carboxylic acids is 1. The van der Waals surface area contributed by atoms with Crippen LogP contribution in [0.2, 0.25) is 0 Å². The van der Waals surface area contributed by atoms with Gasteiger partial charge in [-0.3, -0.25) is 0 Å². The van der Waals surface area contributed by atoms with Crippen molar-refractivity contribution in [3.63, 3.8) is 0 Å². The molecule has 3 rings (SSSR count). The van der Waals surface area contributed by atoms with Crippen molar-refractivity contribution in [1.29, 1.82) is 0 Å². The van der Waals surface area contributed by atoms with Gasteiger partial charge in [-0.2, -0.15) is 0 Å². The van der Waals surface area contributed by atoms with Crippen LogP contribution in [0.25, 0.3) is 0 Å². The highest BCUT2D eigenvalue weighted by Crippen LogP contribution is 2.48. The van der Waals surface area contributed by atoms with Crippen molar-refractivity contribution in [2.45, 2.75) is 37.7 Å². The van der Waals surface area contributed by atoms with Crippen molar-refractivity contribution < 1.29 is 14.3 Å². The van der Waals surface area contributed by atoms with E-state index in [4.69, 9.17) is 9.47 Å². The summed E-state index contributed by atoms with van der Waals surface area (Å²) >= 11 is 0. The predicted molar refractivity (Wildman–Crippen MR) is 63.2 cm³/mol. The largest absolute Gasteiger partial charge is 0.496 e. The molecule has 1 heterocycles. The monoisotopic (exact) mass is 232 g/mol. The van der Waals surface area contributed by atoms with Gasteiger partial charge in [0, 0.05) is 5.56 Å². The van der Waals surface area contributed by atoms with Gasteiger partial charge in [-0.05, 0) is 31.7 Å². The molecule has 0 N–H and O–H groups in total. The number of carbonyl (C=O) groups is 1. The van der Waals surface area contributed by atoms with Crippen LogP contribution in [0.5, 0.6) is 5.75 Å². The van der Waals surface area contributed by atoms with E-state index in [1.54, 1.807) is 7.11 Å². The number of esters is 1. The van der Waals surface area contributed by atoms with Crippen LogP contribution >= 0.6 is 0 Å². The molecule has 0 atom stereocenters. The molecule has 0 amide bonds. The molecule has 1 fully saturated rings. The minimum absolute atomic E-state index is 0.223. The van der Waals surface area contributed by atoms with Crippen LogP contribution in [0.1, 0.15) is 48.0 Å². The quantitative estimate of drug-likeness (QED) is 0.698. The fraction of sp³-hybridized carbons (Fsp3) is 0.500. The molecule has 3 heteroatoms. The van der Waals surface area contributed by atoms with Crippen molar-refractivity contribution in [2.24, 2.45) is 0 Å². The summed E-state index contributed by atoms with van der Waals surface area (Å²) in [5.74, 6) is 0.411. The molecule has 2 aliphatic rings. The molecule has 17 heavy (non-hydrogen) atoms. The highest BCUT2D eigenvalue weighted by atomic mass is 16.6. The van der Waals surface area contributed by atoms with Gasteiger partial charge in [0.05, 0.1) is 7.11 Å². The minimum Gasteiger partial charge on any atom is -0.496 e. The van der Waals surface area contributed by atoms with E-state index in [2.05, 4.69) is 0 Å². The zero-order chi connectivity index (χ0) is 11.9. The van der Waals surface area contributed by atoms with Crippen molar-refractivity contribution in [3.8, 4) is 5.75 Å². The molecule has 1 aromatic rings. The fourth-order valence-corrected chi connectivity index (χ4v) is 3.07. The van der Waals surface area contributed by atoms with Gasteiger partial charge < -0.3 is 9.47 Å². The first-order valence-corrected chi connectivity index (χ1v) is 6.18. The number of ether oxygens (including phenoxy) is 2. The first-order chi connectivity index (χ1) is 8.27. The third-order valence-corrected chi connectivity index (χ3v) is 3.89. The van der Waals surface area contributed by atoms with Crippen LogP contribution in [-0.2, 0) is 10.3 Å². The Morgan fingerprint density at radius 2 is 2.00 bits per heavy atom. The van der Waals surface area contributed by atoms with Gasteiger partial charge in [0.15, 0.2) is 0 Å². The second kappa shape index (κ2) is 3.76. The van der Waals surface area contributed by atoms with E-state index < -0.39 is 0 Å². The maximum Gasteiger partial charge on any atom is 0.343 e. The van der Waals surface area contributed by atoms with Crippen molar-refractivity contribution >= 4 is 5.97 Å². The minimum atomic E-state index is -0.362. The first-order valence-electron chi connectivity index (χ1n) is 6.18. The number of benzene rings is 1. The molecular weight excluding hydrogens is 216 g/mol. The Morgan fingerprint density at radius 3 is 2.71 bits per heavy atom. The fourth-order valence-electron chi connectivity index (χ4n) is 3.07. The lowest BCUT2D eigenvalue weighted by Crippen LogP contribution is -2.28. The van der Waals surface area contributed by atoms with Crippen LogP contribution in [0.15, 0.2) is 18.2 Å². The number of fused-ring (bicyclic) bond motifs is 2. The first kappa shape index (κ1) is 10.6. The molecule has 1 saturated carbocycles. The lowest BCUT2D eigenvalue weighted by atomic mass is 9.79. The van der Waals surface area contributed by atoms with Gasteiger partial charge >= 0.3 is 5.97 Å². The second-order valence-corrected chi connectivity index (χ2v) is 4.83. The molecule has 1 aliphatic heterocycles. The van der Waals surface area contributed by atoms with Gasteiger partial charge in [0.1, 0.15) is 16.9 Å². The smallest absolute Gasteiger partial charge is 0.343 e. The Balaban J connectivity index is 2.13. The van der Waals surface area contributed by atoms with E-state index in [0.29, 0.717) is 11.3 Å². The maximum atomic E-state index is 12.0. The van der Waals surface area contributed by atoms with Crippen LogP contribution in [0.3, 0.4) is 0 Å². The van der Waals surface area contributed by atoms with Gasteiger partial charge in [0.2, 0.25) is 0 Å². The molecule has 0 unspecified atom stereocenters. The molecule has 1 aliphatic carbocycles. The van der Waals surface area contributed by atoms with Gasteiger partial charge in [-0.15, -0.1) is 0 Å². The van der Waals surface area contributed by atoms with E-state index in [1.165, 1.54) is 6.42 Å².